The summed E-state index contributed by atoms with van der Waals surface area (Å²) in [5.41, 5.74) is 0.885. The number of carboxylic acid groups (broad SMARTS) is 1. The number of carbonyl (C=O) groups is 1. The van der Waals surface area contributed by atoms with E-state index in [2.05, 4.69) is 21.0 Å². The number of nitrogens with zero attached hydrogens (tertiary/aromatic N) is 2. The van der Waals surface area contributed by atoms with E-state index in [0.29, 0.717) is 6.04 Å². The zero-order valence-corrected chi connectivity index (χ0v) is 10.8. The van der Waals surface area contributed by atoms with Gasteiger partial charge in [-0.05, 0) is 35.7 Å². The molecule has 1 aliphatic rings. The summed E-state index contributed by atoms with van der Waals surface area (Å²) in [7, 11) is 0. The number of halogens is 1. The Hall–Kier alpha value is -0.840. The van der Waals surface area contributed by atoms with E-state index < -0.39 is 5.97 Å². The van der Waals surface area contributed by atoms with Crippen molar-refractivity contribution in [3.8, 4) is 0 Å². The van der Waals surface area contributed by atoms with Gasteiger partial charge in [-0.25, -0.2) is 4.79 Å². The van der Waals surface area contributed by atoms with E-state index in [4.69, 9.17) is 5.11 Å². The summed E-state index contributed by atoms with van der Waals surface area (Å²) < 4.78 is 2.66. The van der Waals surface area contributed by atoms with Crippen LogP contribution in [0, 0.1) is 6.92 Å². The highest BCUT2D eigenvalue weighted by Crippen LogP contribution is 2.32. The van der Waals surface area contributed by atoms with E-state index in [0.717, 1.165) is 23.0 Å². The van der Waals surface area contributed by atoms with Gasteiger partial charge in [-0.1, -0.05) is 19.3 Å². The van der Waals surface area contributed by atoms with Crippen LogP contribution < -0.4 is 0 Å². The van der Waals surface area contributed by atoms with Crippen molar-refractivity contribution >= 4 is 21.9 Å². The van der Waals surface area contributed by atoms with Gasteiger partial charge in [0, 0.05) is 5.56 Å². The van der Waals surface area contributed by atoms with Crippen molar-refractivity contribution in [1.29, 1.82) is 0 Å². The lowest BCUT2D eigenvalue weighted by Gasteiger charge is -2.22. The van der Waals surface area contributed by atoms with Gasteiger partial charge < -0.3 is 5.11 Å². The van der Waals surface area contributed by atoms with E-state index >= 15 is 0 Å². The Morgan fingerprint density at radius 2 is 2.06 bits per heavy atom. The molecule has 0 bridgehead atoms. The summed E-state index contributed by atoms with van der Waals surface area (Å²) in [5.74, 6) is -0.951. The Kier molecular flexibility index (Phi) is 3.33. The molecular formula is C11H15BrN2O2. The lowest BCUT2D eigenvalue weighted by Crippen LogP contribution is -2.15. The second-order valence-corrected chi connectivity index (χ2v) is 5.06. The molecule has 0 aliphatic heterocycles. The van der Waals surface area contributed by atoms with Gasteiger partial charge >= 0.3 is 5.97 Å². The molecule has 1 N–H and O–H groups in total. The van der Waals surface area contributed by atoms with Crippen molar-refractivity contribution in [2.24, 2.45) is 0 Å². The summed E-state index contributed by atoms with van der Waals surface area (Å²) in [4.78, 5) is 11.0. The topological polar surface area (TPSA) is 55.1 Å². The van der Waals surface area contributed by atoms with Crippen molar-refractivity contribution in [3.05, 3.63) is 15.9 Å². The third-order valence-electron chi connectivity index (χ3n) is 3.20. The molecule has 0 unspecified atom stereocenters. The van der Waals surface area contributed by atoms with E-state index in [1.807, 2.05) is 4.68 Å². The SMILES string of the molecule is Cc1c(C(=O)O)nn(C2CCCCC2)c1Br. The van der Waals surface area contributed by atoms with Gasteiger partial charge in [0.05, 0.1) is 6.04 Å². The lowest BCUT2D eigenvalue weighted by atomic mass is 9.96. The molecule has 0 atom stereocenters. The quantitative estimate of drug-likeness (QED) is 0.909. The van der Waals surface area contributed by atoms with Crippen molar-refractivity contribution in [2.75, 3.05) is 0 Å². The molecule has 0 aromatic carbocycles. The molecule has 0 radical (unpaired) electrons. The third kappa shape index (κ3) is 2.00. The molecule has 4 nitrogen and oxygen atoms in total. The van der Waals surface area contributed by atoms with Gasteiger partial charge in [0.15, 0.2) is 5.69 Å². The maximum atomic E-state index is 11.0. The van der Waals surface area contributed by atoms with Gasteiger partial charge in [-0.2, -0.15) is 5.10 Å². The Balaban J connectivity index is 2.33. The first-order valence-electron chi connectivity index (χ1n) is 5.59. The first-order chi connectivity index (χ1) is 7.61. The third-order valence-corrected chi connectivity index (χ3v) is 4.15. The highest BCUT2D eigenvalue weighted by Gasteiger charge is 2.23. The maximum absolute atomic E-state index is 11.0. The molecule has 1 fully saturated rings. The normalized spacial score (nSPS) is 17.6. The molecule has 1 aromatic rings. The number of rotatable bonds is 2. The summed E-state index contributed by atoms with van der Waals surface area (Å²) in [6.07, 6.45) is 5.88. The Bertz CT molecular complexity index is 408. The molecule has 2 rings (SSSR count). The maximum Gasteiger partial charge on any atom is 0.356 e. The standard InChI is InChI=1S/C11H15BrN2O2/c1-7-9(11(15)16)13-14(10(7)12)8-5-3-2-4-6-8/h8H,2-6H2,1H3,(H,15,16). The fourth-order valence-electron chi connectivity index (χ4n) is 2.27. The Morgan fingerprint density at radius 3 is 2.56 bits per heavy atom. The number of hydrogen-bond donors (Lipinski definition) is 1. The second-order valence-electron chi connectivity index (χ2n) is 4.31. The van der Waals surface area contributed by atoms with Crippen LogP contribution in [0.4, 0.5) is 0 Å². The number of aromatic nitrogens is 2. The highest BCUT2D eigenvalue weighted by molar-refractivity contribution is 9.10. The van der Waals surface area contributed by atoms with E-state index in [-0.39, 0.29) is 5.69 Å². The van der Waals surface area contributed by atoms with Crippen molar-refractivity contribution < 1.29 is 9.90 Å². The van der Waals surface area contributed by atoms with Gasteiger partial charge in [0.25, 0.3) is 0 Å². The number of carboxylic acids is 1. The molecule has 1 heterocycles. The van der Waals surface area contributed by atoms with Gasteiger partial charge in [-0.15, -0.1) is 0 Å². The minimum Gasteiger partial charge on any atom is -0.476 e. The fourth-order valence-corrected chi connectivity index (χ4v) is 2.82. The van der Waals surface area contributed by atoms with Crippen LogP contribution >= 0.6 is 15.9 Å². The predicted octanol–water partition coefficient (Wildman–Crippen LogP) is 3.16. The predicted molar refractivity (Wildman–Crippen MR) is 63.7 cm³/mol. The van der Waals surface area contributed by atoms with Crippen LogP contribution in [0.3, 0.4) is 0 Å². The zero-order valence-electron chi connectivity index (χ0n) is 9.24. The van der Waals surface area contributed by atoms with Gasteiger partial charge in [0.1, 0.15) is 4.60 Å². The van der Waals surface area contributed by atoms with Crippen molar-refractivity contribution in [3.63, 3.8) is 0 Å². The summed E-state index contributed by atoms with van der Waals surface area (Å²) >= 11 is 3.44. The Morgan fingerprint density at radius 1 is 1.44 bits per heavy atom. The molecule has 0 amide bonds. The highest BCUT2D eigenvalue weighted by atomic mass is 79.9. The van der Waals surface area contributed by atoms with E-state index in [1.165, 1.54) is 19.3 Å². The van der Waals surface area contributed by atoms with Crippen LogP contribution in [-0.2, 0) is 0 Å². The summed E-state index contributed by atoms with van der Waals surface area (Å²) in [5, 5.41) is 13.2. The molecule has 88 valence electrons. The Labute approximate surface area is 103 Å². The molecule has 0 saturated heterocycles. The number of aromatic carboxylic acids is 1. The van der Waals surface area contributed by atoms with Crippen LogP contribution in [0.15, 0.2) is 4.60 Å². The molecule has 1 aliphatic carbocycles. The minimum atomic E-state index is -0.951. The molecule has 1 aromatic heterocycles. The number of hydrogen-bond acceptors (Lipinski definition) is 2. The van der Waals surface area contributed by atoms with Crippen LogP contribution in [0.25, 0.3) is 0 Å². The van der Waals surface area contributed by atoms with Crippen LogP contribution in [0.1, 0.15) is 54.2 Å². The zero-order chi connectivity index (χ0) is 11.7. The van der Waals surface area contributed by atoms with Crippen LogP contribution in [-0.4, -0.2) is 20.9 Å². The van der Waals surface area contributed by atoms with E-state index in [1.54, 1.807) is 6.92 Å². The smallest absolute Gasteiger partial charge is 0.356 e. The molecule has 16 heavy (non-hydrogen) atoms. The first kappa shape index (κ1) is 11.6. The first-order valence-corrected chi connectivity index (χ1v) is 6.38. The lowest BCUT2D eigenvalue weighted by molar-refractivity contribution is 0.0688. The van der Waals surface area contributed by atoms with Crippen molar-refractivity contribution in [1.82, 2.24) is 9.78 Å². The van der Waals surface area contributed by atoms with Gasteiger partial charge in [0.2, 0.25) is 0 Å². The van der Waals surface area contributed by atoms with E-state index in [9.17, 15) is 4.79 Å². The summed E-state index contributed by atoms with van der Waals surface area (Å²) in [6.45, 7) is 1.79. The molecule has 5 heteroatoms. The monoisotopic (exact) mass is 286 g/mol. The largest absolute Gasteiger partial charge is 0.476 e. The van der Waals surface area contributed by atoms with Crippen LogP contribution in [0.5, 0.6) is 0 Å². The molecular weight excluding hydrogens is 272 g/mol. The average molecular weight is 287 g/mol. The van der Waals surface area contributed by atoms with Gasteiger partial charge in [-0.3, -0.25) is 4.68 Å². The van der Waals surface area contributed by atoms with Crippen LogP contribution in [0.2, 0.25) is 0 Å². The second kappa shape index (κ2) is 4.57. The van der Waals surface area contributed by atoms with Crippen molar-refractivity contribution in [2.45, 2.75) is 45.1 Å². The fraction of sp³-hybridized carbons (Fsp3) is 0.636. The average Bonchev–Trinajstić information content (AvgIpc) is 2.58. The molecule has 0 spiro atoms. The summed E-state index contributed by atoms with van der Waals surface area (Å²) in [6, 6.07) is 0.356. The molecule has 1 saturated carbocycles. The minimum absolute atomic E-state index is 0.164.